The molecular formula is C14H22N2O. The number of oxime groups is 1. The molecule has 1 rings (SSSR count). The summed E-state index contributed by atoms with van der Waals surface area (Å²) in [5, 5.41) is 3.92. The maximum Gasteiger partial charge on any atom is 0.117 e. The lowest BCUT2D eigenvalue weighted by molar-refractivity contribution is 0.141. The zero-order valence-corrected chi connectivity index (χ0v) is 10.6. The number of nitrogens with zero attached hydrogens (tertiary/aromatic N) is 2. The normalized spacial score (nSPS) is 10.9. The van der Waals surface area contributed by atoms with Gasteiger partial charge in [0.05, 0.1) is 6.21 Å². The molecule has 0 N–H and O–H groups in total. The van der Waals surface area contributed by atoms with Crippen LogP contribution in [0.25, 0.3) is 0 Å². The Labute approximate surface area is 104 Å². The number of hydrogen-bond acceptors (Lipinski definition) is 3. The first-order valence-corrected chi connectivity index (χ1v) is 6.49. The lowest BCUT2D eigenvalue weighted by Gasteiger charge is -1.99. The number of unbranched alkanes of at least 4 members (excludes halogenated alkanes) is 5. The number of rotatable bonds is 9. The van der Waals surface area contributed by atoms with Crippen LogP contribution in [0.15, 0.2) is 29.7 Å². The van der Waals surface area contributed by atoms with E-state index in [2.05, 4.69) is 17.1 Å². The van der Waals surface area contributed by atoms with Crippen molar-refractivity contribution in [2.45, 2.75) is 45.4 Å². The topological polar surface area (TPSA) is 34.5 Å². The van der Waals surface area contributed by atoms with E-state index in [0.29, 0.717) is 6.61 Å². The van der Waals surface area contributed by atoms with Crippen LogP contribution < -0.4 is 0 Å². The molecule has 3 heteroatoms. The van der Waals surface area contributed by atoms with Crippen LogP contribution in [0.1, 0.15) is 51.0 Å². The third-order valence-corrected chi connectivity index (χ3v) is 2.57. The van der Waals surface area contributed by atoms with Gasteiger partial charge in [0.25, 0.3) is 0 Å². The van der Waals surface area contributed by atoms with Gasteiger partial charge in [0, 0.05) is 12.4 Å². The highest BCUT2D eigenvalue weighted by Crippen LogP contribution is 2.04. The van der Waals surface area contributed by atoms with Gasteiger partial charge in [-0.15, -0.1) is 0 Å². The lowest BCUT2D eigenvalue weighted by atomic mass is 10.1. The molecule has 1 heterocycles. The summed E-state index contributed by atoms with van der Waals surface area (Å²) in [7, 11) is 0. The third-order valence-electron chi connectivity index (χ3n) is 2.57. The first kappa shape index (κ1) is 13.7. The zero-order valence-electron chi connectivity index (χ0n) is 10.6. The Morgan fingerprint density at radius 2 is 1.82 bits per heavy atom. The SMILES string of the molecule is CCCCCCCCO/N=C/c1ccncc1. The Balaban J connectivity index is 1.95. The van der Waals surface area contributed by atoms with E-state index in [0.717, 1.165) is 12.0 Å². The Kier molecular flexibility index (Phi) is 7.90. The molecule has 0 unspecified atom stereocenters. The Hall–Kier alpha value is -1.38. The quantitative estimate of drug-likeness (QED) is 0.370. The maximum atomic E-state index is 5.19. The van der Waals surface area contributed by atoms with Gasteiger partial charge in [0.2, 0.25) is 0 Å². The molecule has 0 radical (unpaired) electrons. The van der Waals surface area contributed by atoms with Crippen molar-refractivity contribution in [3.8, 4) is 0 Å². The van der Waals surface area contributed by atoms with Gasteiger partial charge >= 0.3 is 0 Å². The van der Waals surface area contributed by atoms with E-state index in [1.807, 2.05) is 12.1 Å². The summed E-state index contributed by atoms with van der Waals surface area (Å²) in [6.07, 6.45) is 12.8. The molecule has 0 fully saturated rings. The molecule has 0 bridgehead atoms. The van der Waals surface area contributed by atoms with Crippen LogP contribution >= 0.6 is 0 Å². The van der Waals surface area contributed by atoms with Crippen LogP contribution in [0.2, 0.25) is 0 Å². The number of hydrogen-bond donors (Lipinski definition) is 0. The van der Waals surface area contributed by atoms with Gasteiger partial charge < -0.3 is 4.84 Å². The first-order valence-electron chi connectivity index (χ1n) is 6.49. The van der Waals surface area contributed by atoms with Crippen molar-refractivity contribution in [1.29, 1.82) is 0 Å². The molecule has 3 nitrogen and oxygen atoms in total. The molecule has 0 aromatic carbocycles. The van der Waals surface area contributed by atoms with Crippen molar-refractivity contribution < 1.29 is 4.84 Å². The minimum atomic E-state index is 0.716. The van der Waals surface area contributed by atoms with E-state index in [4.69, 9.17) is 4.84 Å². The van der Waals surface area contributed by atoms with Crippen LogP contribution in [0.5, 0.6) is 0 Å². The van der Waals surface area contributed by atoms with E-state index >= 15 is 0 Å². The standard InChI is InChI=1S/C14H22N2O/c1-2-3-4-5-6-7-12-17-16-13-14-8-10-15-11-9-14/h8-11,13H,2-7,12H2,1H3/b16-13+. The Bertz CT molecular complexity index is 298. The largest absolute Gasteiger partial charge is 0.396 e. The summed E-state index contributed by atoms with van der Waals surface area (Å²) in [4.78, 5) is 9.13. The molecule has 0 saturated carbocycles. The smallest absolute Gasteiger partial charge is 0.117 e. The second-order valence-corrected chi connectivity index (χ2v) is 4.12. The Morgan fingerprint density at radius 1 is 1.12 bits per heavy atom. The third kappa shape index (κ3) is 7.50. The summed E-state index contributed by atoms with van der Waals surface area (Å²) in [6, 6.07) is 3.80. The molecule has 0 aliphatic rings. The molecular weight excluding hydrogens is 212 g/mol. The summed E-state index contributed by atoms with van der Waals surface area (Å²) in [5.41, 5.74) is 1.02. The highest BCUT2D eigenvalue weighted by atomic mass is 16.6. The molecule has 0 atom stereocenters. The average Bonchev–Trinajstić information content (AvgIpc) is 2.38. The van der Waals surface area contributed by atoms with E-state index < -0.39 is 0 Å². The monoisotopic (exact) mass is 234 g/mol. The van der Waals surface area contributed by atoms with Crippen molar-refractivity contribution >= 4 is 6.21 Å². The molecule has 1 aromatic rings. The van der Waals surface area contributed by atoms with Crippen LogP contribution in [0, 0.1) is 0 Å². The molecule has 94 valence electrons. The predicted molar refractivity (Wildman–Crippen MR) is 71.2 cm³/mol. The van der Waals surface area contributed by atoms with Crippen LogP contribution in [-0.4, -0.2) is 17.8 Å². The lowest BCUT2D eigenvalue weighted by Crippen LogP contribution is -1.90. The number of aromatic nitrogens is 1. The summed E-state index contributed by atoms with van der Waals surface area (Å²) < 4.78 is 0. The molecule has 0 amide bonds. The summed E-state index contributed by atoms with van der Waals surface area (Å²) >= 11 is 0. The van der Waals surface area contributed by atoms with E-state index in [1.54, 1.807) is 18.6 Å². The Morgan fingerprint density at radius 3 is 2.59 bits per heavy atom. The minimum Gasteiger partial charge on any atom is -0.396 e. The van der Waals surface area contributed by atoms with Crippen LogP contribution in [-0.2, 0) is 4.84 Å². The van der Waals surface area contributed by atoms with Gasteiger partial charge in [-0.2, -0.15) is 0 Å². The van der Waals surface area contributed by atoms with Crippen LogP contribution in [0.3, 0.4) is 0 Å². The minimum absolute atomic E-state index is 0.716. The second kappa shape index (κ2) is 9.82. The highest BCUT2D eigenvalue weighted by molar-refractivity contribution is 5.78. The maximum absolute atomic E-state index is 5.19. The predicted octanol–water partition coefficient (Wildman–Crippen LogP) is 3.79. The average molecular weight is 234 g/mol. The molecule has 0 aliphatic heterocycles. The molecule has 1 aromatic heterocycles. The van der Waals surface area contributed by atoms with Crippen molar-refractivity contribution in [1.82, 2.24) is 4.98 Å². The molecule has 0 aliphatic carbocycles. The number of pyridine rings is 1. The van der Waals surface area contributed by atoms with Crippen molar-refractivity contribution in [2.75, 3.05) is 6.61 Å². The molecule has 17 heavy (non-hydrogen) atoms. The molecule has 0 saturated heterocycles. The van der Waals surface area contributed by atoms with Crippen LogP contribution in [0.4, 0.5) is 0 Å². The first-order chi connectivity index (χ1) is 8.43. The van der Waals surface area contributed by atoms with E-state index in [1.165, 1.54) is 32.1 Å². The fraction of sp³-hybridized carbons (Fsp3) is 0.571. The summed E-state index contributed by atoms with van der Waals surface area (Å²) in [6.45, 7) is 2.95. The van der Waals surface area contributed by atoms with Gasteiger partial charge in [0.15, 0.2) is 0 Å². The molecule has 0 spiro atoms. The van der Waals surface area contributed by atoms with E-state index in [9.17, 15) is 0 Å². The van der Waals surface area contributed by atoms with Gasteiger partial charge in [-0.05, 0) is 30.5 Å². The zero-order chi connectivity index (χ0) is 12.2. The fourth-order valence-electron chi connectivity index (χ4n) is 1.55. The van der Waals surface area contributed by atoms with Crippen molar-refractivity contribution in [2.24, 2.45) is 5.16 Å². The van der Waals surface area contributed by atoms with Gasteiger partial charge in [0.1, 0.15) is 6.61 Å². The van der Waals surface area contributed by atoms with Crippen molar-refractivity contribution in [3.05, 3.63) is 30.1 Å². The fourth-order valence-corrected chi connectivity index (χ4v) is 1.55. The van der Waals surface area contributed by atoms with Gasteiger partial charge in [-0.3, -0.25) is 4.98 Å². The van der Waals surface area contributed by atoms with Gasteiger partial charge in [-0.1, -0.05) is 37.8 Å². The second-order valence-electron chi connectivity index (χ2n) is 4.12. The van der Waals surface area contributed by atoms with E-state index in [-0.39, 0.29) is 0 Å². The van der Waals surface area contributed by atoms with Crippen molar-refractivity contribution in [3.63, 3.8) is 0 Å². The van der Waals surface area contributed by atoms with Gasteiger partial charge in [-0.25, -0.2) is 0 Å². The summed E-state index contributed by atoms with van der Waals surface area (Å²) in [5.74, 6) is 0. The highest BCUT2D eigenvalue weighted by Gasteiger charge is 1.90.